The lowest BCUT2D eigenvalue weighted by atomic mass is 9.68. The highest BCUT2D eigenvalue weighted by molar-refractivity contribution is 5.84. The van der Waals surface area contributed by atoms with E-state index >= 15 is 0 Å². The molecule has 1 aliphatic rings. The molecule has 0 amide bonds. The van der Waals surface area contributed by atoms with Crippen molar-refractivity contribution >= 4 is 11.8 Å². The summed E-state index contributed by atoms with van der Waals surface area (Å²) in [7, 11) is 0. The standard InChI is InChI=1S/C26H33NO4/c1-19-17-27(14-13-26(19,2)22-9-6-10-23(28)16-22)18-21(24(29)11-12-25(30)31)15-20-7-4-3-5-8-20/h3-10,16,19,21,28H,11-15,17-18H2,1-2H3,(H,30,31)/t19-,21-,26?/m0/s1. The average Bonchev–Trinajstić information content (AvgIpc) is 2.75. The predicted octanol–water partition coefficient (Wildman–Crippen LogP) is 4.28. The molecule has 5 nitrogen and oxygen atoms in total. The Bertz CT molecular complexity index is 897. The zero-order valence-corrected chi connectivity index (χ0v) is 18.5. The molecule has 2 N–H and O–H groups in total. The van der Waals surface area contributed by atoms with Crippen molar-refractivity contribution in [1.82, 2.24) is 4.90 Å². The van der Waals surface area contributed by atoms with Gasteiger partial charge in [0.2, 0.25) is 0 Å². The van der Waals surface area contributed by atoms with Crippen molar-refractivity contribution in [1.29, 1.82) is 0 Å². The van der Waals surface area contributed by atoms with E-state index in [9.17, 15) is 14.7 Å². The average molecular weight is 424 g/mol. The number of phenolic OH excluding ortho intramolecular Hbond substituents is 1. The molecule has 166 valence electrons. The zero-order valence-electron chi connectivity index (χ0n) is 18.5. The second-order valence-electron chi connectivity index (χ2n) is 9.13. The second-order valence-corrected chi connectivity index (χ2v) is 9.13. The van der Waals surface area contributed by atoms with Gasteiger partial charge in [-0.2, -0.15) is 0 Å². The molecule has 1 aliphatic heterocycles. The Hall–Kier alpha value is -2.66. The maximum absolute atomic E-state index is 12.9. The van der Waals surface area contributed by atoms with Crippen molar-refractivity contribution in [3.8, 4) is 5.75 Å². The van der Waals surface area contributed by atoms with Crippen LogP contribution in [-0.4, -0.2) is 46.5 Å². The molecule has 3 rings (SSSR count). The van der Waals surface area contributed by atoms with Crippen LogP contribution in [0.4, 0.5) is 0 Å². The molecule has 1 heterocycles. The number of carboxylic acid groups (broad SMARTS) is 1. The van der Waals surface area contributed by atoms with E-state index in [1.165, 1.54) is 0 Å². The number of phenols is 1. The number of ketones is 1. The SMILES string of the molecule is C[C@H]1CN(C[C@H](Cc2ccccc2)C(=O)CCC(=O)O)CCC1(C)c1cccc(O)c1. The van der Waals surface area contributed by atoms with Crippen LogP contribution in [0.2, 0.25) is 0 Å². The van der Waals surface area contributed by atoms with Crippen LogP contribution in [0.1, 0.15) is 44.2 Å². The summed E-state index contributed by atoms with van der Waals surface area (Å²) in [4.78, 5) is 26.2. The summed E-state index contributed by atoms with van der Waals surface area (Å²) in [6.45, 7) is 6.86. The Morgan fingerprint density at radius 2 is 1.87 bits per heavy atom. The van der Waals surface area contributed by atoms with Crippen LogP contribution in [0.15, 0.2) is 54.6 Å². The number of hydrogen-bond acceptors (Lipinski definition) is 4. The highest BCUT2D eigenvalue weighted by Gasteiger charge is 2.39. The first-order valence-electron chi connectivity index (χ1n) is 11.1. The van der Waals surface area contributed by atoms with E-state index in [0.29, 0.717) is 24.6 Å². The van der Waals surface area contributed by atoms with Gasteiger partial charge in [-0.15, -0.1) is 0 Å². The Balaban J connectivity index is 1.69. The number of nitrogens with zero attached hydrogens (tertiary/aromatic N) is 1. The maximum atomic E-state index is 12.9. The molecule has 5 heteroatoms. The molecule has 1 saturated heterocycles. The van der Waals surface area contributed by atoms with Crippen LogP contribution in [0.3, 0.4) is 0 Å². The van der Waals surface area contributed by atoms with Crippen LogP contribution in [-0.2, 0) is 21.4 Å². The second kappa shape index (κ2) is 10.1. The quantitative estimate of drug-likeness (QED) is 0.629. The third-order valence-electron chi connectivity index (χ3n) is 6.92. The number of carbonyl (C=O) groups is 2. The molecular formula is C26H33NO4. The number of carboxylic acids is 1. The minimum absolute atomic E-state index is 0.0280. The molecule has 0 saturated carbocycles. The number of aliphatic carboxylic acids is 1. The fourth-order valence-corrected chi connectivity index (χ4v) is 4.70. The van der Waals surface area contributed by atoms with Crippen molar-refractivity contribution in [2.45, 2.75) is 44.9 Å². The van der Waals surface area contributed by atoms with Gasteiger partial charge >= 0.3 is 5.97 Å². The van der Waals surface area contributed by atoms with E-state index in [4.69, 9.17) is 5.11 Å². The Kier molecular flexibility index (Phi) is 7.50. The van der Waals surface area contributed by atoms with Crippen LogP contribution < -0.4 is 0 Å². The smallest absolute Gasteiger partial charge is 0.303 e. The molecule has 0 radical (unpaired) electrons. The summed E-state index contributed by atoms with van der Waals surface area (Å²) in [5.41, 5.74) is 2.22. The van der Waals surface area contributed by atoms with Gasteiger partial charge in [-0.3, -0.25) is 9.59 Å². The van der Waals surface area contributed by atoms with Crippen LogP contribution >= 0.6 is 0 Å². The van der Waals surface area contributed by atoms with Gasteiger partial charge in [0.15, 0.2) is 0 Å². The number of hydrogen-bond donors (Lipinski definition) is 2. The third kappa shape index (κ3) is 5.95. The number of carbonyl (C=O) groups excluding carboxylic acids is 1. The molecule has 0 spiro atoms. The molecule has 2 aromatic rings. The largest absolute Gasteiger partial charge is 0.508 e. The van der Waals surface area contributed by atoms with Gasteiger partial charge in [-0.1, -0.05) is 56.3 Å². The molecule has 0 aliphatic carbocycles. The summed E-state index contributed by atoms with van der Waals surface area (Å²) in [6.07, 6.45) is 1.54. The van der Waals surface area contributed by atoms with Crippen molar-refractivity contribution in [2.24, 2.45) is 11.8 Å². The van der Waals surface area contributed by atoms with Gasteiger partial charge in [0, 0.05) is 25.4 Å². The Labute approximate surface area is 184 Å². The van der Waals surface area contributed by atoms with Crippen LogP contribution in [0, 0.1) is 11.8 Å². The first kappa shape index (κ1) is 23.0. The molecule has 1 fully saturated rings. The minimum atomic E-state index is -0.930. The molecule has 2 aromatic carbocycles. The molecule has 0 bridgehead atoms. The van der Waals surface area contributed by atoms with Gasteiger partial charge in [-0.25, -0.2) is 0 Å². The predicted molar refractivity (Wildman–Crippen MR) is 121 cm³/mol. The van der Waals surface area contributed by atoms with Crippen molar-refractivity contribution in [2.75, 3.05) is 19.6 Å². The van der Waals surface area contributed by atoms with Crippen molar-refractivity contribution in [3.63, 3.8) is 0 Å². The molecule has 31 heavy (non-hydrogen) atoms. The Morgan fingerprint density at radius 3 is 2.52 bits per heavy atom. The van der Waals surface area contributed by atoms with E-state index in [0.717, 1.165) is 30.6 Å². The molecular weight excluding hydrogens is 390 g/mol. The van der Waals surface area contributed by atoms with E-state index in [1.807, 2.05) is 42.5 Å². The zero-order chi connectivity index (χ0) is 22.4. The summed E-state index contributed by atoms with van der Waals surface area (Å²) >= 11 is 0. The lowest BCUT2D eigenvalue weighted by Crippen LogP contribution is -2.49. The lowest BCUT2D eigenvalue weighted by Gasteiger charge is -2.45. The maximum Gasteiger partial charge on any atom is 0.303 e. The van der Waals surface area contributed by atoms with Gasteiger partial charge in [0.05, 0.1) is 6.42 Å². The lowest BCUT2D eigenvalue weighted by molar-refractivity contribution is -0.139. The number of likely N-dealkylation sites (tertiary alicyclic amines) is 1. The molecule has 1 unspecified atom stereocenters. The minimum Gasteiger partial charge on any atom is -0.508 e. The fraction of sp³-hybridized carbons (Fsp3) is 0.462. The van der Waals surface area contributed by atoms with Gasteiger partial charge in [-0.05, 0) is 54.0 Å². The summed E-state index contributed by atoms with van der Waals surface area (Å²) in [5.74, 6) is -0.463. The van der Waals surface area contributed by atoms with E-state index in [-0.39, 0.29) is 30.0 Å². The number of piperidine rings is 1. The first-order chi connectivity index (χ1) is 14.8. The van der Waals surface area contributed by atoms with Crippen LogP contribution in [0.25, 0.3) is 0 Å². The number of Topliss-reactive ketones (excluding diaryl/α,β-unsaturated/α-hetero) is 1. The summed E-state index contributed by atoms with van der Waals surface area (Å²) in [6, 6.07) is 17.5. The molecule has 0 aromatic heterocycles. The normalized spacial score (nSPS) is 22.7. The first-order valence-corrected chi connectivity index (χ1v) is 11.1. The highest BCUT2D eigenvalue weighted by atomic mass is 16.4. The topological polar surface area (TPSA) is 77.8 Å². The Morgan fingerprint density at radius 1 is 1.13 bits per heavy atom. The monoisotopic (exact) mass is 423 g/mol. The summed E-state index contributed by atoms with van der Waals surface area (Å²) < 4.78 is 0. The highest BCUT2D eigenvalue weighted by Crippen LogP contribution is 2.40. The van der Waals surface area contributed by atoms with Crippen LogP contribution in [0.5, 0.6) is 5.75 Å². The summed E-state index contributed by atoms with van der Waals surface area (Å²) in [5, 5.41) is 18.9. The van der Waals surface area contributed by atoms with E-state index in [1.54, 1.807) is 6.07 Å². The number of benzene rings is 2. The fourth-order valence-electron chi connectivity index (χ4n) is 4.70. The number of aromatic hydroxyl groups is 1. The van der Waals surface area contributed by atoms with Gasteiger partial charge < -0.3 is 15.1 Å². The van der Waals surface area contributed by atoms with Gasteiger partial charge in [0.1, 0.15) is 11.5 Å². The third-order valence-corrected chi connectivity index (χ3v) is 6.92. The van der Waals surface area contributed by atoms with Crippen molar-refractivity contribution < 1.29 is 19.8 Å². The van der Waals surface area contributed by atoms with E-state index in [2.05, 4.69) is 24.8 Å². The van der Waals surface area contributed by atoms with Gasteiger partial charge in [0.25, 0.3) is 0 Å². The van der Waals surface area contributed by atoms with E-state index < -0.39 is 5.97 Å². The number of rotatable bonds is 9. The van der Waals surface area contributed by atoms with Crippen molar-refractivity contribution in [3.05, 3.63) is 65.7 Å². The molecule has 3 atom stereocenters.